The first-order chi connectivity index (χ1) is 15.6. The number of fused-ring (bicyclic) bond motifs is 2. The monoisotopic (exact) mass is 443 g/mol. The molecule has 0 aliphatic carbocycles. The number of ether oxygens (including phenoxy) is 1. The molecule has 0 aliphatic heterocycles. The Kier molecular flexibility index (Phi) is 5.25. The van der Waals surface area contributed by atoms with Gasteiger partial charge in [0, 0.05) is 17.0 Å². The Morgan fingerprint density at radius 2 is 1.97 bits per heavy atom. The van der Waals surface area contributed by atoms with E-state index in [2.05, 4.69) is 34.6 Å². The molecule has 2 heterocycles. The molecule has 0 bridgehead atoms. The van der Waals surface area contributed by atoms with Crippen molar-refractivity contribution in [2.75, 3.05) is 12.5 Å². The lowest BCUT2D eigenvalue weighted by atomic mass is 10.1. The second kappa shape index (κ2) is 8.36. The summed E-state index contributed by atoms with van der Waals surface area (Å²) >= 11 is 1.55. The third kappa shape index (κ3) is 3.78. The second-order valence-electron chi connectivity index (χ2n) is 7.28. The van der Waals surface area contributed by atoms with Crippen LogP contribution >= 0.6 is 11.3 Å². The number of rotatable bonds is 5. The fourth-order valence-corrected chi connectivity index (χ4v) is 4.34. The van der Waals surface area contributed by atoms with Crippen LogP contribution in [0.4, 0.5) is 5.13 Å². The molecule has 0 amide bonds. The van der Waals surface area contributed by atoms with Crippen LogP contribution in [0.5, 0.6) is 11.5 Å². The quantitative estimate of drug-likeness (QED) is 0.330. The molecule has 160 valence electrons. The van der Waals surface area contributed by atoms with Gasteiger partial charge in [-0.25, -0.2) is 4.98 Å². The van der Waals surface area contributed by atoms with Crippen LogP contribution in [0.3, 0.4) is 0 Å². The smallest absolute Gasteiger partial charge is 0.204 e. The Bertz CT molecular complexity index is 1470. The number of aryl methyl sites for hydroxylation is 1. The number of aromatic hydroxyl groups is 1. The molecule has 5 rings (SSSR count). The number of methoxy groups -OCH3 is 1. The van der Waals surface area contributed by atoms with E-state index in [0.717, 1.165) is 43.7 Å². The summed E-state index contributed by atoms with van der Waals surface area (Å²) in [6, 6.07) is 21.1. The topological polar surface area (TPSA) is 79.9 Å². The van der Waals surface area contributed by atoms with E-state index in [-0.39, 0.29) is 5.75 Å². The lowest BCUT2D eigenvalue weighted by Gasteiger charge is -2.09. The van der Waals surface area contributed by atoms with Gasteiger partial charge in [0.1, 0.15) is 11.3 Å². The summed E-state index contributed by atoms with van der Waals surface area (Å²) in [5.41, 5.74) is 6.75. The fraction of sp³-hybridized carbons (Fsp3) is 0.120. The van der Waals surface area contributed by atoms with Crippen LogP contribution in [-0.2, 0) is 6.42 Å². The summed E-state index contributed by atoms with van der Waals surface area (Å²) < 4.78 is 12.5. The van der Waals surface area contributed by atoms with Gasteiger partial charge >= 0.3 is 0 Å². The highest BCUT2D eigenvalue weighted by Crippen LogP contribution is 2.32. The lowest BCUT2D eigenvalue weighted by Crippen LogP contribution is -2.08. The van der Waals surface area contributed by atoms with Crippen LogP contribution < -0.4 is 15.5 Å². The van der Waals surface area contributed by atoms with Gasteiger partial charge in [-0.1, -0.05) is 36.5 Å². The number of phenols is 1. The molecule has 32 heavy (non-hydrogen) atoms. The van der Waals surface area contributed by atoms with Gasteiger partial charge in [-0.3, -0.25) is 5.43 Å². The number of benzene rings is 3. The van der Waals surface area contributed by atoms with E-state index in [1.807, 2.05) is 36.4 Å². The zero-order valence-corrected chi connectivity index (χ0v) is 18.4. The zero-order chi connectivity index (χ0) is 22.1. The minimum Gasteiger partial charge on any atom is -0.504 e. The number of nitrogens with zero attached hydrogens (tertiary/aromatic N) is 2. The Labute approximate surface area is 188 Å². The Balaban J connectivity index is 1.65. The van der Waals surface area contributed by atoms with Crippen LogP contribution in [0.2, 0.25) is 0 Å². The highest BCUT2D eigenvalue weighted by molar-refractivity contribution is 7.22. The van der Waals surface area contributed by atoms with Crippen molar-refractivity contribution in [2.45, 2.75) is 13.3 Å². The number of phenolic OH excluding ortho intramolecular Hbond substituents is 1. The maximum atomic E-state index is 9.95. The fourth-order valence-electron chi connectivity index (χ4n) is 3.53. The van der Waals surface area contributed by atoms with Crippen LogP contribution in [-0.4, -0.2) is 17.2 Å². The minimum absolute atomic E-state index is 0.0760. The van der Waals surface area contributed by atoms with Gasteiger partial charge in [0.25, 0.3) is 0 Å². The molecule has 0 atom stereocenters. The number of anilines is 1. The van der Waals surface area contributed by atoms with Crippen molar-refractivity contribution in [1.82, 2.24) is 4.98 Å². The van der Waals surface area contributed by atoms with Crippen molar-refractivity contribution in [3.05, 3.63) is 77.7 Å². The first kappa shape index (κ1) is 20.1. The van der Waals surface area contributed by atoms with Gasteiger partial charge in [-0.2, -0.15) is 5.10 Å². The third-order valence-corrected chi connectivity index (χ3v) is 6.19. The van der Waals surface area contributed by atoms with Gasteiger partial charge < -0.3 is 14.3 Å². The highest BCUT2D eigenvalue weighted by Gasteiger charge is 2.10. The summed E-state index contributed by atoms with van der Waals surface area (Å²) in [5, 5.41) is 17.0. The van der Waals surface area contributed by atoms with E-state index in [9.17, 15) is 5.11 Å². The van der Waals surface area contributed by atoms with E-state index in [4.69, 9.17) is 9.15 Å². The minimum atomic E-state index is 0.0760. The van der Waals surface area contributed by atoms with Crippen molar-refractivity contribution in [2.24, 2.45) is 5.10 Å². The Morgan fingerprint density at radius 1 is 1.09 bits per heavy atom. The van der Waals surface area contributed by atoms with Crippen LogP contribution in [0.25, 0.3) is 32.5 Å². The summed E-state index contributed by atoms with van der Waals surface area (Å²) in [7, 11) is 1.52. The highest BCUT2D eigenvalue weighted by atomic mass is 32.1. The largest absolute Gasteiger partial charge is 0.504 e. The first-order valence-electron chi connectivity index (χ1n) is 10.2. The molecule has 7 heteroatoms. The number of hydrogen-bond acceptors (Lipinski definition) is 7. The molecule has 0 radical (unpaired) electrons. The van der Waals surface area contributed by atoms with Gasteiger partial charge in [0.05, 0.1) is 22.7 Å². The van der Waals surface area contributed by atoms with Gasteiger partial charge in [-0.05, 0) is 54.4 Å². The molecule has 2 aromatic heterocycles. The van der Waals surface area contributed by atoms with Crippen molar-refractivity contribution >= 4 is 37.7 Å². The molecular formula is C25H21N3O3S. The predicted octanol–water partition coefficient (Wildman–Crippen LogP) is 5.91. The standard InChI is InChI=1S/C25H21N3O3S/c1-3-15-8-11-21-17(12-15)19(27-28-25-26-18-6-4-5-7-24(18)32-25)14-22(31-21)16-9-10-20(29)23(13-16)30-2/h4-14,29H,3H2,1-2H3,(H,26,28). The van der Waals surface area contributed by atoms with Gasteiger partial charge in [0.15, 0.2) is 11.5 Å². The molecule has 0 aliphatic rings. The average Bonchev–Trinajstić information content (AvgIpc) is 3.25. The van der Waals surface area contributed by atoms with Crippen molar-refractivity contribution in [3.8, 4) is 22.8 Å². The maximum absolute atomic E-state index is 9.95. The summed E-state index contributed by atoms with van der Waals surface area (Å²) in [6.45, 7) is 2.12. The predicted molar refractivity (Wildman–Crippen MR) is 128 cm³/mol. The number of nitrogens with one attached hydrogen (secondary N) is 1. The molecule has 0 fully saturated rings. The van der Waals surface area contributed by atoms with Crippen molar-refractivity contribution < 1.29 is 14.3 Å². The molecule has 0 unspecified atom stereocenters. The van der Waals surface area contributed by atoms with Crippen molar-refractivity contribution in [1.29, 1.82) is 0 Å². The normalized spacial score (nSPS) is 11.9. The molecular weight excluding hydrogens is 422 g/mol. The Hall–Kier alpha value is -3.84. The van der Waals surface area contributed by atoms with E-state index in [1.165, 1.54) is 12.7 Å². The molecule has 0 saturated carbocycles. The van der Waals surface area contributed by atoms with Crippen LogP contribution in [0.1, 0.15) is 12.5 Å². The van der Waals surface area contributed by atoms with E-state index in [1.54, 1.807) is 29.5 Å². The number of hydrogen-bond donors (Lipinski definition) is 2. The summed E-state index contributed by atoms with van der Waals surface area (Å²) in [5.74, 6) is 1.07. The zero-order valence-electron chi connectivity index (χ0n) is 17.6. The number of para-hydroxylation sites is 1. The Morgan fingerprint density at radius 3 is 2.78 bits per heavy atom. The lowest BCUT2D eigenvalue weighted by molar-refractivity contribution is 0.373. The van der Waals surface area contributed by atoms with Crippen LogP contribution in [0, 0.1) is 0 Å². The molecule has 0 saturated heterocycles. The molecule has 0 spiro atoms. The van der Waals surface area contributed by atoms with E-state index < -0.39 is 0 Å². The van der Waals surface area contributed by atoms with Crippen molar-refractivity contribution in [3.63, 3.8) is 0 Å². The average molecular weight is 444 g/mol. The van der Waals surface area contributed by atoms with E-state index >= 15 is 0 Å². The number of thiazole rings is 1. The third-order valence-electron chi connectivity index (χ3n) is 5.25. The molecule has 2 N–H and O–H groups in total. The van der Waals surface area contributed by atoms with Gasteiger partial charge in [0.2, 0.25) is 5.13 Å². The van der Waals surface area contributed by atoms with E-state index in [0.29, 0.717) is 11.5 Å². The SMILES string of the molecule is CCc1ccc2oc(-c3ccc(O)c(OC)c3)cc(=NNc3nc4ccccc4s3)c2c1. The van der Waals surface area contributed by atoms with Gasteiger partial charge in [-0.15, -0.1) is 0 Å². The maximum Gasteiger partial charge on any atom is 0.204 e. The second-order valence-corrected chi connectivity index (χ2v) is 8.31. The number of aromatic nitrogens is 1. The molecule has 6 nitrogen and oxygen atoms in total. The summed E-state index contributed by atoms with van der Waals surface area (Å²) in [4.78, 5) is 4.60. The first-order valence-corrected chi connectivity index (χ1v) is 11.1. The van der Waals surface area contributed by atoms with Crippen LogP contribution in [0.15, 0.2) is 76.2 Å². The molecule has 3 aromatic carbocycles. The summed E-state index contributed by atoms with van der Waals surface area (Å²) in [6.07, 6.45) is 0.914. The molecule has 5 aromatic rings.